The maximum atomic E-state index is 12.2. The second-order valence-electron chi connectivity index (χ2n) is 4.70. The first-order chi connectivity index (χ1) is 10.5. The van der Waals surface area contributed by atoms with Crippen molar-refractivity contribution in [2.45, 2.75) is 24.1 Å². The number of nitrogens with one attached hydrogen (secondary N) is 1. The smallest absolute Gasteiger partial charge is 0.237 e. The predicted molar refractivity (Wildman–Crippen MR) is 92.3 cm³/mol. The van der Waals surface area contributed by atoms with Gasteiger partial charge in [0, 0.05) is 21.9 Å². The van der Waals surface area contributed by atoms with Gasteiger partial charge in [-0.25, -0.2) is 4.98 Å². The second kappa shape index (κ2) is 7.56. The SMILES string of the molecule is CC(=O)c1cccc(NC(=O)C(C)Sc2ccc(Br)cn2)c1. The lowest BCUT2D eigenvalue weighted by molar-refractivity contribution is -0.115. The molecular formula is C16H15BrN2O2S. The number of rotatable bonds is 5. The van der Waals surface area contributed by atoms with Crippen molar-refractivity contribution in [3.8, 4) is 0 Å². The fourth-order valence-corrected chi connectivity index (χ4v) is 2.75. The van der Waals surface area contributed by atoms with E-state index in [4.69, 9.17) is 0 Å². The van der Waals surface area contributed by atoms with Crippen LogP contribution in [0, 0.1) is 0 Å². The molecule has 2 aromatic rings. The van der Waals surface area contributed by atoms with E-state index in [1.165, 1.54) is 18.7 Å². The van der Waals surface area contributed by atoms with Gasteiger partial charge in [0.25, 0.3) is 0 Å². The number of amides is 1. The molecule has 0 radical (unpaired) electrons. The number of hydrogen-bond donors (Lipinski definition) is 1. The molecule has 1 atom stereocenters. The Morgan fingerprint density at radius 1 is 1.27 bits per heavy atom. The van der Waals surface area contributed by atoms with Gasteiger partial charge < -0.3 is 5.32 Å². The summed E-state index contributed by atoms with van der Waals surface area (Å²) in [4.78, 5) is 27.8. The Labute approximate surface area is 141 Å². The Bertz CT molecular complexity index is 689. The average Bonchev–Trinajstić information content (AvgIpc) is 2.49. The van der Waals surface area contributed by atoms with E-state index < -0.39 is 0 Å². The Balaban J connectivity index is 2.00. The van der Waals surface area contributed by atoms with Gasteiger partial charge in [-0.05, 0) is 54.0 Å². The van der Waals surface area contributed by atoms with Gasteiger partial charge in [-0.15, -0.1) is 0 Å². The molecule has 1 amide bonds. The van der Waals surface area contributed by atoms with Crippen molar-refractivity contribution in [3.63, 3.8) is 0 Å². The molecule has 0 aliphatic rings. The van der Waals surface area contributed by atoms with E-state index in [1.807, 2.05) is 19.1 Å². The summed E-state index contributed by atoms with van der Waals surface area (Å²) in [7, 11) is 0. The lowest BCUT2D eigenvalue weighted by Crippen LogP contribution is -2.22. The predicted octanol–water partition coefficient (Wildman–Crippen LogP) is 4.17. The maximum Gasteiger partial charge on any atom is 0.237 e. The number of carbonyl (C=O) groups excluding carboxylic acids is 2. The topological polar surface area (TPSA) is 59.1 Å². The summed E-state index contributed by atoms with van der Waals surface area (Å²) in [5, 5.41) is 3.30. The number of benzene rings is 1. The Hall–Kier alpha value is -1.66. The van der Waals surface area contributed by atoms with E-state index in [0.717, 1.165) is 9.50 Å². The number of ketones is 1. The minimum atomic E-state index is -0.297. The number of anilines is 1. The zero-order valence-corrected chi connectivity index (χ0v) is 14.6. The molecule has 1 aromatic heterocycles. The molecule has 114 valence electrons. The number of carbonyl (C=O) groups is 2. The summed E-state index contributed by atoms with van der Waals surface area (Å²) < 4.78 is 0.898. The summed E-state index contributed by atoms with van der Waals surface area (Å²) in [6, 6.07) is 10.7. The molecule has 0 saturated carbocycles. The Kier molecular flexibility index (Phi) is 5.74. The molecule has 1 unspecified atom stereocenters. The van der Waals surface area contributed by atoms with Gasteiger partial charge in [0.1, 0.15) is 0 Å². The molecule has 0 bridgehead atoms. The van der Waals surface area contributed by atoms with Crippen LogP contribution in [-0.2, 0) is 4.79 Å². The highest BCUT2D eigenvalue weighted by Gasteiger charge is 2.15. The van der Waals surface area contributed by atoms with Gasteiger partial charge >= 0.3 is 0 Å². The zero-order valence-electron chi connectivity index (χ0n) is 12.2. The van der Waals surface area contributed by atoms with Gasteiger partial charge in [0.05, 0.1) is 10.3 Å². The van der Waals surface area contributed by atoms with E-state index in [-0.39, 0.29) is 16.9 Å². The highest BCUT2D eigenvalue weighted by Crippen LogP contribution is 2.23. The van der Waals surface area contributed by atoms with E-state index in [2.05, 4.69) is 26.2 Å². The number of halogens is 1. The number of thioether (sulfide) groups is 1. The van der Waals surface area contributed by atoms with Crippen molar-refractivity contribution in [2.75, 3.05) is 5.32 Å². The molecule has 0 aliphatic heterocycles. The average molecular weight is 379 g/mol. The molecule has 1 heterocycles. The number of aromatic nitrogens is 1. The molecule has 0 aliphatic carbocycles. The fraction of sp³-hybridized carbons (Fsp3) is 0.188. The van der Waals surface area contributed by atoms with Crippen molar-refractivity contribution < 1.29 is 9.59 Å². The van der Waals surface area contributed by atoms with Gasteiger partial charge in [0.2, 0.25) is 5.91 Å². The molecular weight excluding hydrogens is 364 g/mol. The van der Waals surface area contributed by atoms with Gasteiger partial charge in [0.15, 0.2) is 5.78 Å². The summed E-state index contributed by atoms with van der Waals surface area (Å²) in [6.45, 7) is 3.32. The third kappa shape index (κ3) is 4.68. The normalized spacial score (nSPS) is 11.8. The van der Waals surface area contributed by atoms with Crippen LogP contribution < -0.4 is 5.32 Å². The number of hydrogen-bond acceptors (Lipinski definition) is 4. The molecule has 22 heavy (non-hydrogen) atoms. The van der Waals surface area contributed by atoms with Crippen molar-refractivity contribution >= 4 is 45.1 Å². The van der Waals surface area contributed by atoms with Crippen LogP contribution in [0.25, 0.3) is 0 Å². The largest absolute Gasteiger partial charge is 0.325 e. The van der Waals surface area contributed by atoms with E-state index in [0.29, 0.717) is 11.3 Å². The van der Waals surface area contributed by atoms with E-state index >= 15 is 0 Å². The molecule has 4 nitrogen and oxygen atoms in total. The van der Waals surface area contributed by atoms with Crippen LogP contribution in [-0.4, -0.2) is 21.9 Å². The first-order valence-corrected chi connectivity index (χ1v) is 8.33. The first-order valence-electron chi connectivity index (χ1n) is 6.66. The standard InChI is InChI=1S/C16H15BrN2O2S/c1-10(20)12-4-3-5-14(8-12)19-16(21)11(2)22-15-7-6-13(17)9-18-15/h3-9,11H,1-2H3,(H,19,21). The monoisotopic (exact) mass is 378 g/mol. The summed E-state index contributed by atoms with van der Waals surface area (Å²) in [5.74, 6) is -0.159. The van der Waals surface area contributed by atoms with Gasteiger partial charge in [-0.2, -0.15) is 0 Å². The maximum absolute atomic E-state index is 12.2. The second-order valence-corrected chi connectivity index (χ2v) is 6.98. The molecule has 1 aromatic carbocycles. The van der Waals surface area contributed by atoms with E-state index in [9.17, 15) is 9.59 Å². The highest BCUT2D eigenvalue weighted by molar-refractivity contribution is 9.10. The molecule has 1 N–H and O–H groups in total. The lowest BCUT2D eigenvalue weighted by atomic mass is 10.1. The van der Waals surface area contributed by atoms with Crippen LogP contribution in [0.2, 0.25) is 0 Å². The third-order valence-electron chi connectivity index (χ3n) is 2.90. The van der Waals surface area contributed by atoms with Crippen LogP contribution in [0.5, 0.6) is 0 Å². The van der Waals surface area contributed by atoms with Crippen LogP contribution in [0.4, 0.5) is 5.69 Å². The Morgan fingerprint density at radius 2 is 2.05 bits per heavy atom. The number of nitrogens with zero attached hydrogens (tertiary/aromatic N) is 1. The van der Waals surface area contributed by atoms with Crippen LogP contribution in [0.1, 0.15) is 24.2 Å². The third-order valence-corrected chi connectivity index (χ3v) is 4.42. The van der Waals surface area contributed by atoms with Crippen LogP contribution in [0.15, 0.2) is 52.1 Å². The van der Waals surface area contributed by atoms with Crippen molar-refractivity contribution in [2.24, 2.45) is 0 Å². The quantitative estimate of drug-likeness (QED) is 0.626. The molecule has 0 fully saturated rings. The molecule has 0 spiro atoms. The summed E-state index contributed by atoms with van der Waals surface area (Å²) >= 11 is 4.70. The van der Waals surface area contributed by atoms with E-state index in [1.54, 1.807) is 30.5 Å². The van der Waals surface area contributed by atoms with Crippen LogP contribution >= 0.6 is 27.7 Å². The fourth-order valence-electron chi connectivity index (χ4n) is 1.73. The van der Waals surface area contributed by atoms with Gasteiger partial charge in [-0.1, -0.05) is 23.9 Å². The first kappa shape index (κ1) is 16.7. The minimum Gasteiger partial charge on any atom is -0.325 e. The minimum absolute atomic E-state index is 0.0300. The summed E-state index contributed by atoms with van der Waals surface area (Å²) in [6.07, 6.45) is 1.70. The molecule has 0 saturated heterocycles. The number of Topliss-reactive ketones (excluding diaryl/α,β-unsaturated/α-hetero) is 1. The molecule has 6 heteroatoms. The van der Waals surface area contributed by atoms with Crippen molar-refractivity contribution in [3.05, 3.63) is 52.6 Å². The van der Waals surface area contributed by atoms with Crippen molar-refractivity contribution in [1.82, 2.24) is 4.98 Å². The lowest BCUT2D eigenvalue weighted by Gasteiger charge is -2.12. The number of pyridine rings is 1. The van der Waals surface area contributed by atoms with Crippen molar-refractivity contribution in [1.29, 1.82) is 0 Å². The summed E-state index contributed by atoms with van der Waals surface area (Å²) in [5.41, 5.74) is 1.20. The zero-order chi connectivity index (χ0) is 16.1. The molecule has 2 rings (SSSR count). The van der Waals surface area contributed by atoms with Crippen LogP contribution in [0.3, 0.4) is 0 Å². The Morgan fingerprint density at radius 3 is 2.68 bits per heavy atom. The highest BCUT2D eigenvalue weighted by atomic mass is 79.9. The van der Waals surface area contributed by atoms with Gasteiger partial charge in [-0.3, -0.25) is 9.59 Å².